The van der Waals surface area contributed by atoms with Crippen molar-refractivity contribution in [2.24, 2.45) is 4.99 Å². The molecule has 0 aliphatic heterocycles. The van der Waals surface area contributed by atoms with Crippen molar-refractivity contribution in [1.82, 2.24) is 0 Å². The first-order valence-corrected chi connectivity index (χ1v) is 6.19. The summed E-state index contributed by atoms with van der Waals surface area (Å²) in [5, 5.41) is 0. The Morgan fingerprint density at radius 1 is 1.35 bits per heavy atom. The Morgan fingerprint density at radius 2 is 2.06 bits per heavy atom. The lowest BCUT2D eigenvalue weighted by Gasteiger charge is -2.38. The second-order valence-electron chi connectivity index (χ2n) is 3.96. The molecular formula is C12H11F2NOS. The summed E-state index contributed by atoms with van der Waals surface area (Å²) in [5.41, 5.74) is 0.111. The third-order valence-electron chi connectivity index (χ3n) is 3.04. The molecule has 2 rings (SSSR count). The van der Waals surface area contributed by atoms with E-state index in [4.69, 9.17) is 0 Å². The standard InChI is InChI=1S/C12H11F2NOS/c13-11(14)17-10-5-2-1-4-9(10)12(15-8-16)6-3-7-12/h1-2,4-5,11H,3,6-7H2. The van der Waals surface area contributed by atoms with Crippen LogP contribution in [0.5, 0.6) is 0 Å². The predicted molar refractivity (Wildman–Crippen MR) is 62.0 cm³/mol. The smallest absolute Gasteiger partial charge is 0.211 e. The van der Waals surface area contributed by atoms with Crippen LogP contribution in [0.3, 0.4) is 0 Å². The highest BCUT2D eigenvalue weighted by atomic mass is 32.2. The summed E-state index contributed by atoms with van der Waals surface area (Å²) in [5.74, 6) is -2.46. The monoisotopic (exact) mass is 255 g/mol. The molecule has 0 amide bonds. The van der Waals surface area contributed by atoms with Gasteiger partial charge in [0.1, 0.15) is 0 Å². The van der Waals surface area contributed by atoms with Gasteiger partial charge in [0.05, 0.1) is 5.54 Å². The van der Waals surface area contributed by atoms with Gasteiger partial charge in [-0.05, 0) is 30.9 Å². The van der Waals surface area contributed by atoms with E-state index in [2.05, 4.69) is 4.99 Å². The number of rotatable bonds is 4. The number of carbonyl (C=O) groups excluding carboxylic acids is 1. The summed E-state index contributed by atoms with van der Waals surface area (Å²) >= 11 is 0.504. The first-order chi connectivity index (χ1) is 8.18. The fraction of sp³-hybridized carbons (Fsp3) is 0.417. The zero-order valence-electron chi connectivity index (χ0n) is 9.03. The number of benzene rings is 1. The lowest BCUT2D eigenvalue weighted by molar-refractivity contribution is 0.246. The number of hydrogen-bond acceptors (Lipinski definition) is 3. The largest absolute Gasteiger partial charge is 0.288 e. The molecule has 5 heteroatoms. The van der Waals surface area contributed by atoms with Crippen molar-refractivity contribution >= 4 is 17.8 Å². The van der Waals surface area contributed by atoms with Crippen LogP contribution in [0.2, 0.25) is 0 Å². The third-order valence-corrected chi connectivity index (χ3v) is 3.83. The van der Waals surface area contributed by atoms with Crippen LogP contribution in [0.1, 0.15) is 24.8 Å². The summed E-state index contributed by atoms with van der Waals surface area (Å²) in [4.78, 5) is 14.8. The maximum Gasteiger partial charge on any atom is 0.288 e. The Kier molecular flexibility index (Phi) is 3.60. The first-order valence-electron chi connectivity index (χ1n) is 5.31. The van der Waals surface area contributed by atoms with Gasteiger partial charge in [-0.15, -0.1) is 0 Å². The predicted octanol–water partition coefficient (Wildman–Crippen LogP) is 3.72. The average Bonchev–Trinajstić information content (AvgIpc) is 2.24. The number of alkyl halides is 2. The van der Waals surface area contributed by atoms with Gasteiger partial charge in [-0.3, -0.25) is 0 Å². The summed E-state index contributed by atoms with van der Waals surface area (Å²) in [7, 11) is 0. The van der Waals surface area contributed by atoms with E-state index in [-0.39, 0.29) is 0 Å². The van der Waals surface area contributed by atoms with E-state index in [0.29, 0.717) is 16.7 Å². The molecule has 1 aliphatic rings. The van der Waals surface area contributed by atoms with E-state index >= 15 is 0 Å². The van der Waals surface area contributed by atoms with E-state index in [9.17, 15) is 13.6 Å². The molecule has 1 aliphatic carbocycles. The summed E-state index contributed by atoms with van der Waals surface area (Å²) in [6.07, 6.45) is 3.98. The molecule has 1 aromatic rings. The first kappa shape index (κ1) is 12.3. The highest BCUT2D eigenvalue weighted by Gasteiger charge is 2.40. The molecule has 0 atom stereocenters. The SMILES string of the molecule is O=C=NC1(c2ccccc2SC(F)F)CCC1. The van der Waals surface area contributed by atoms with E-state index in [1.165, 1.54) is 0 Å². The Balaban J connectivity index is 2.39. The van der Waals surface area contributed by atoms with E-state index in [1.54, 1.807) is 30.3 Å². The highest BCUT2D eigenvalue weighted by molar-refractivity contribution is 7.99. The highest BCUT2D eigenvalue weighted by Crippen LogP contribution is 2.48. The van der Waals surface area contributed by atoms with Crippen molar-refractivity contribution in [3.8, 4) is 0 Å². The minimum atomic E-state index is -2.46. The van der Waals surface area contributed by atoms with Gasteiger partial charge in [0.25, 0.3) is 5.76 Å². The third kappa shape index (κ3) is 2.40. The molecule has 1 fully saturated rings. The van der Waals surface area contributed by atoms with Crippen molar-refractivity contribution in [3.63, 3.8) is 0 Å². The molecule has 0 N–H and O–H groups in total. The Bertz CT molecular complexity index is 454. The molecule has 17 heavy (non-hydrogen) atoms. The van der Waals surface area contributed by atoms with Crippen molar-refractivity contribution in [1.29, 1.82) is 0 Å². The van der Waals surface area contributed by atoms with Gasteiger partial charge >= 0.3 is 0 Å². The molecule has 0 saturated heterocycles. The average molecular weight is 255 g/mol. The van der Waals surface area contributed by atoms with Gasteiger partial charge in [0.15, 0.2) is 0 Å². The molecule has 0 unspecified atom stereocenters. The number of halogens is 2. The van der Waals surface area contributed by atoms with Crippen LogP contribution in [-0.2, 0) is 10.3 Å². The molecule has 0 spiro atoms. The quantitative estimate of drug-likeness (QED) is 0.466. The summed E-state index contributed by atoms with van der Waals surface area (Å²) in [6.45, 7) is 0. The van der Waals surface area contributed by atoms with Crippen LogP contribution in [0.4, 0.5) is 8.78 Å². The molecule has 0 radical (unpaired) electrons. The van der Waals surface area contributed by atoms with Gasteiger partial charge in [0, 0.05) is 4.90 Å². The lowest BCUT2D eigenvalue weighted by atomic mass is 9.72. The van der Waals surface area contributed by atoms with Crippen molar-refractivity contribution < 1.29 is 13.6 Å². The van der Waals surface area contributed by atoms with Gasteiger partial charge in [0.2, 0.25) is 6.08 Å². The van der Waals surface area contributed by atoms with Gasteiger partial charge in [-0.25, -0.2) is 4.79 Å². The van der Waals surface area contributed by atoms with Gasteiger partial charge in [-0.2, -0.15) is 13.8 Å². The minimum absolute atomic E-state index is 0.501. The Morgan fingerprint density at radius 3 is 2.59 bits per heavy atom. The minimum Gasteiger partial charge on any atom is -0.211 e. The second kappa shape index (κ2) is 4.98. The molecule has 1 saturated carbocycles. The summed E-state index contributed by atoms with van der Waals surface area (Å²) in [6, 6.07) is 6.91. The van der Waals surface area contributed by atoms with Crippen LogP contribution in [0, 0.1) is 0 Å². The van der Waals surface area contributed by atoms with E-state index < -0.39 is 11.3 Å². The Hall–Kier alpha value is -1.19. The van der Waals surface area contributed by atoms with Crippen LogP contribution in [0.15, 0.2) is 34.2 Å². The molecule has 0 heterocycles. The lowest BCUT2D eigenvalue weighted by Crippen LogP contribution is -2.32. The van der Waals surface area contributed by atoms with Gasteiger partial charge < -0.3 is 0 Å². The zero-order chi connectivity index (χ0) is 12.3. The number of hydrogen-bond donors (Lipinski definition) is 0. The number of thioether (sulfide) groups is 1. The fourth-order valence-electron chi connectivity index (χ4n) is 2.09. The molecule has 0 bridgehead atoms. The van der Waals surface area contributed by atoms with Crippen LogP contribution in [0.25, 0.3) is 0 Å². The maximum absolute atomic E-state index is 12.5. The normalized spacial score (nSPS) is 17.4. The van der Waals surface area contributed by atoms with E-state index in [0.717, 1.165) is 24.8 Å². The van der Waals surface area contributed by atoms with Crippen molar-refractivity contribution in [2.75, 3.05) is 0 Å². The Labute approximate surface area is 102 Å². The van der Waals surface area contributed by atoms with Gasteiger partial charge in [-0.1, -0.05) is 30.0 Å². The maximum atomic E-state index is 12.5. The van der Waals surface area contributed by atoms with Crippen LogP contribution < -0.4 is 0 Å². The molecule has 0 aromatic heterocycles. The molecule has 90 valence electrons. The van der Waals surface area contributed by atoms with Crippen LogP contribution in [-0.4, -0.2) is 11.8 Å². The van der Waals surface area contributed by atoms with E-state index in [1.807, 2.05) is 0 Å². The molecule has 1 aromatic carbocycles. The van der Waals surface area contributed by atoms with Crippen molar-refractivity contribution in [2.45, 2.75) is 35.5 Å². The van der Waals surface area contributed by atoms with Crippen LogP contribution >= 0.6 is 11.8 Å². The zero-order valence-corrected chi connectivity index (χ0v) is 9.84. The topological polar surface area (TPSA) is 29.4 Å². The number of nitrogens with zero attached hydrogens (tertiary/aromatic N) is 1. The molecule has 2 nitrogen and oxygen atoms in total. The second-order valence-corrected chi connectivity index (χ2v) is 4.99. The molecular weight excluding hydrogens is 244 g/mol. The fourth-order valence-corrected chi connectivity index (χ4v) is 2.82. The van der Waals surface area contributed by atoms with Crippen molar-refractivity contribution in [3.05, 3.63) is 29.8 Å². The number of isocyanates is 1. The number of aliphatic imine (C=N–C) groups is 1. The summed E-state index contributed by atoms with van der Waals surface area (Å²) < 4.78 is 24.9.